The first-order chi connectivity index (χ1) is 14.0. The molecule has 6 nitrogen and oxygen atoms in total. The number of carboxylic acid groups (broad SMARTS) is 1. The highest BCUT2D eigenvalue weighted by Crippen LogP contribution is 2.32. The number of rotatable bonds is 7. The molecule has 1 N–H and O–H groups in total. The third-order valence-corrected chi connectivity index (χ3v) is 5.30. The van der Waals surface area contributed by atoms with Crippen LogP contribution < -0.4 is 4.74 Å². The number of carboxylic acids is 1. The van der Waals surface area contributed by atoms with E-state index in [1.807, 2.05) is 50.3 Å². The Morgan fingerprint density at radius 2 is 1.97 bits per heavy atom. The molecule has 0 aromatic heterocycles. The molecule has 1 aliphatic rings. The first kappa shape index (κ1) is 20.7. The van der Waals surface area contributed by atoms with Gasteiger partial charge in [-0.15, -0.1) is 0 Å². The number of carbonyl (C=O) groups excluding carboxylic acids is 1. The lowest BCUT2D eigenvalue weighted by Gasteiger charge is -2.11. The van der Waals surface area contributed by atoms with Crippen LogP contribution >= 0.6 is 11.8 Å². The molecule has 0 saturated carbocycles. The van der Waals surface area contributed by atoms with Gasteiger partial charge in [0.05, 0.1) is 10.5 Å². The number of amides is 1. The van der Waals surface area contributed by atoms with Crippen LogP contribution in [0.5, 0.6) is 5.75 Å². The van der Waals surface area contributed by atoms with Crippen LogP contribution in [0.15, 0.2) is 58.4 Å². The summed E-state index contributed by atoms with van der Waals surface area (Å²) in [5.41, 5.74) is 1.92. The molecule has 1 heterocycles. The van der Waals surface area contributed by atoms with Crippen LogP contribution in [0.1, 0.15) is 35.3 Å². The number of hydrogen-bond donors (Lipinski definition) is 1. The summed E-state index contributed by atoms with van der Waals surface area (Å²) in [5.74, 6) is -0.317. The number of thioether (sulfide) groups is 1. The second-order valence-corrected chi connectivity index (χ2v) is 7.29. The smallest absolute Gasteiger partial charge is 0.335 e. The Morgan fingerprint density at radius 3 is 2.62 bits per heavy atom. The van der Waals surface area contributed by atoms with Crippen LogP contribution in [0.3, 0.4) is 0 Å². The molecule has 2 aromatic carbocycles. The summed E-state index contributed by atoms with van der Waals surface area (Å²) in [6, 6.07) is 14.1. The molecule has 1 saturated heterocycles. The molecule has 0 radical (unpaired) electrons. The third-order valence-electron chi connectivity index (χ3n) is 4.25. The zero-order valence-electron chi connectivity index (χ0n) is 16.3. The van der Waals surface area contributed by atoms with E-state index in [-0.39, 0.29) is 18.1 Å². The fraction of sp³-hybridized carbons (Fsp3) is 0.227. The molecule has 0 aliphatic carbocycles. The summed E-state index contributed by atoms with van der Waals surface area (Å²) in [5, 5.41) is 9.80. The van der Waals surface area contributed by atoms with Gasteiger partial charge in [-0.05, 0) is 67.1 Å². The molecule has 0 unspecified atom stereocenters. The topological polar surface area (TPSA) is 79.2 Å². The SMILES string of the molecule is CCN=C1S/C(=C/c2ccc(OCc3cccc(C(=O)O)c3)cc2)C(=O)N1CC. The zero-order chi connectivity index (χ0) is 20.8. The number of likely N-dealkylation sites (N-methyl/N-ethyl adjacent to an activating group) is 1. The van der Waals surface area contributed by atoms with Crippen LogP contribution in [-0.2, 0) is 11.4 Å². The molecular formula is C22H22N2O4S. The Morgan fingerprint density at radius 1 is 1.21 bits per heavy atom. The molecule has 0 bridgehead atoms. The standard InChI is InChI=1S/C22H22N2O4S/c1-3-23-22-24(4-2)20(25)19(29-22)13-15-8-10-18(11-9-15)28-14-16-6-5-7-17(12-16)21(26)27/h5-13H,3-4,14H2,1-2H3,(H,26,27)/b19-13+,23-22?. The van der Waals surface area contributed by atoms with E-state index in [1.165, 1.54) is 11.8 Å². The lowest BCUT2D eigenvalue weighted by molar-refractivity contribution is -0.122. The van der Waals surface area contributed by atoms with Gasteiger partial charge in [-0.2, -0.15) is 0 Å². The van der Waals surface area contributed by atoms with Gasteiger partial charge in [-0.25, -0.2) is 4.79 Å². The van der Waals surface area contributed by atoms with Crippen LogP contribution in [0.4, 0.5) is 0 Å². The van der Waals surface area contributed by atoms with Gasteiger partial charge in [0.2, 0.25) is 0 Å². The maximum atomic E-state index is 12.5. The Kier molecular flexibility index (Phi) is 6.72. The van der Waals surface area contributed by atoms with Gasteiger partial charge in [0, 0.05) is 13.1 Å². The highest BCUT2D eigenvalue weighted by molar-refractivity contribution is 8.18. The molecule has 1 amide bonds. The zero-order valence-corrected chi connectivity index (χ0v) is 17.1. The Bertz CT molecular complexity index is 967. The van der Waals surface area contributed by atoms with Crippen molar-refractivity contribution in [3.8, 4) is 5.75 Å². The largest absolute Gasteiger partial charge is 0.489 e. The van der Waals surface area contributed by atoms with Gasteiger partial charge in [0.15, 0.2) is 5.17 Å². The van der Waals surface area contributed by atoms with Crippen molar-refractivity contribution >= 4 is 34.9 Å². The van der Waals surface area contributed by atoms with Gasteiger partial charge in [-0.1, -0.05) is 24.3 Å². The van der Waals surface area contributed by atoms with Gasteiger partial charge >= 0.3 is 5.97 Å². The number of hydrogen-bond acceptors (Lipinski definition) is 5. The highest BCUT2D eigenvalue weighted by atomic mass is 32.2. The fourth-order valence-corrected chi connectivity index (χ4v) is 3.92. The molecule has 0 atom stereocenters. The monoisotopic (exact) mass is 410 g/mol. The van der Waals surface area contributed by atoms with E-state index in [1.54, 1.807) is 23.1 Å². The van der Waals surface area contributed by atoms with E-state index >= 15 is 0 Å². The summed E-state index contributed by atoms with van der Waals surface area (Å²) in [6.45, 7) is 5.39. The minimum Gasteiger partial charge on any atom is -0.489 e. The predicted molar refractivity (Wildman–Crippen MR) is 115 cm³/mol. The first-order valence-electron chi connectivity index (χ1n) is 9.32. The first-order valence-corrected chi connectivity index (χ1v) is 10.1. The van der Waals surface area contributed by atoms with Gasteiger partial charge < -0.3 is 9.84 Å². The summed E-state index contributed by atoms with van der Waals surface area (Å²) in [7, 11) is 0. The summed E-state index contributed by atoms with van der Waals surface area (Å²) >= 11 is 1.39. The maximum Gasteiger partial charge on any atom is 0.335 e. The normalized spacial score (nSPS) is 16.6. The molecule has 29 heavy (non-hydrogen) atoms. The van der Waals surface area contributed by atoms with E-state index in [2.05, 4.69) is 4.99 Å². The van der Waals surface area contributed by atoms with Crippen molar-refractivity contribution in [2.24, 2.45) is 4.99 Å². The number of nitrogens with zero attached hydrogens (tertiary/aromatic N) is 2. The molecule has 1 fully saturated rings. The van der Waals surface area contributed by atoms with Gasteiger partial charge in [-0.3, -0.25) is 14.7 Å². The van der Waals surface area contributed by atoms with E-state index in [0.29, 0.717) is 23.7 Å². The summed E-state index contributed by atoms with van der Waals surface area (Å²) in [6.07, 6.45) is 1.86. The van der Waals surface area contributed by atoms with Crippen molar-refractivity contribution in [1.82, 2.24) is 4.90 Å². The molecule has 3 rings (SSSR count). The number of amidine groups is 1. The van der Waals surface area contributed by atoms with Gasteiger partial charge in [0.1, 0.15) is 12.4 Å². The lowest BCUT2D eigenvalue weighted by atomic mass is 10.1. The van der Waals surface area contributed by atoms with Crippen molar-refractivity contribution in [2.75, 3.05) is 13.1 Å². The Labute approximate surface area is 173 Å². The molecule has 150 valence electrons. The van der Waals surface area contributed by atoms with Crippen molar-refractivity contribution in [3.63, 3.8) is 0 Å². The van der Waals surface area contributed by atoms with Crippen molar-refractivity contribution in [1.29, 1.82) is 0 Å². The number of ether oxygens (including phenoxy) is 1. The molecule has 1 aliphatic heterocycles. The molecule has 7 heteroatoms. The number of carbonyl (C=O) groups is 2. The maximum absolute atomic E-state index is 12.5. The van der Waals surface area contributed by atoms with Crippen molar-refractivity contribution < 1.29 is 19.4 Å². The second kappa shape index (κ2) is 9.43. The van der Waals surface area contributed by atoms with Crippen LogP contribution in [-0.4, -0.2) is 40.1 Å². The Hall–Kier alpha value is -3.06. The van der Waals surface area contributed by atoms with E-state index < -0.39 is 5.97 Å². The predicted octanol–water partition coefficient (Wildman–Crippen LogP) is 4.28. The van der Waals surface area contributed by atoms with E-state index in [9.17, 15) is 9.59 Å². The van der Waals surface area contributed by atoms with Crippen LogP contribution in [0.2, 0.25) is 0 Å². The molecule has 2 aromatic rings. The quantitative estimate of drug-likeness (QED) is 0.690. The fourth-order valence-electron chi connectivity index (χ4n) is 2.81. The summed E-state index contributed by atoms with van der Waals surface area (Å²) in [4.78, 5) is 30.3. The summed E-state index contributed by atoms with van der Waals surface area (Å²) < 4.78 is 5.74. The second-order valence-electron chi connectivity index (χ2n) is 6.28. The van der Waals surface area contributed by atoms with E-state index in [4.69, 9.17) is 9.84 Å². The van der Waals surface area contributed by atoms with Crippen molar-refractivity contribution in [2.45, 2.75) is 20.5 Å². The molecule has 0 spiro atoms. The highest BCUT2D eigenvalue weighted by Gasteiger charge is 2.31. The minimum absolute atomic E-state index is 0.0247. The third kappa shape index (κ3) is 5.06. The van der Waals surface area contributed by atoms with E-state index in [0.717, 1.165) is 16.3 Å². The van der Waals surface area contributed by atoms with Crippen LogP contribution in [0, 0.1) is 0 Å². The van der Waals surface area contributed by atoms with Gasteiger partial charge in [0.25, 0.3) is 5.91 Å². The average molecular weight is 410 g/mol. The lowest BCUT2D eigenvalue weighted by Crippen LogP contribution is -2.28. The Balaban J connectivity index is 1.67. The number of aliphatic imine (C=N–C) groups is 1. The van der Waals surface area contributed by atoms with Crippen LogP contribution in [0.25, 0.3) is 6.08 Å². The number of benzene rings is 2. The minimum atomic E-state index is -0.961. The van der Waals surface area contributed by atoms with Crippen molar-refractivity contribution in [3.05, 3.63) is 70.1 Å². The number of aromatic carboxylic acids is 1. The average Bonchev–Trinajstić information content (AvgIpc) is 3.02. The molecular weight excluding hydrogens is 388 g/mol.